The third kappa shape index (κ3) is 6.22. The zero-order valence-corrected chi connectivity index (χ0v) is 19.6. The molecule has 1 fully saturated rings. The molecule has 1 aromatic heterocycles. The highest BCUT2D eigenvalue weighted by molar-refractivity contribution is 6.31. The van der Waals surface area contributed by atoms with Crippen LogP contribution in [-0.2, 0) is 4.74 Å². The van der Waals surface area contributed by atoms with Gasteiger partial charge in [0.1, 0.15) is 24.1 Å². The van der Waals surface area contributed by atoms with Crippen LogP contribution >= 0.6 is 11.6 Å². The number of benzene rings is 2. The van der Waals surface area contributed by atoms with E-state index in [9.17, 15) is 4.39 Å². The average molecular weight is 475 g/mol. The highest BCUT2D eigenvalue weighted by atomic mass is 35.5. The molecule has 1 saturated heterocycles. The fraction of sp³-hybridized carbons (Fsp3) is 0.417. The fourth-order valence-electron chi connectivity index (χ4n) is 3.62. The molecule has 0 bridgehead atoms. The Balaban J connectivity index is 1.64. The molecule has 0 amide bonds. The van der Waals surface area contributed by atoms with E-state index in [4.69, 9.17) is 25.8 Å². The summed E-state index contributed by atoms with van der Waals surface area (Å²) in [4.78, 5) is 10.9. The van der Waals surface area contributed by atoms with Gasteiger partial charge in [0.2, 0.25) is 0 Å². The molecule has 0 unspecified atom stereocenters. The predicted octanol–water partition coefficient (Wildman–Crippen LogP) is 5.05. The van der Waals surface area contributed by atoms with Gasteiger partial charge in [0, 0.05) is 36.5 Å². The van der Waals surface area contributed by atoms with Gasteiger partial charge in [0.05, 0.1) is 30.4 Å². The monoisotopic (exact) mass is 474 g/mol. The van der Waals surface area contributed by atoms with Crippen molar-refractivity contribution in [2.45, 2.75) is 25.4 Å². The van der Waals surface area contributed by atoms with E-state index in [1.54, 1.807) is 6.07 Å². The van der Waals surface area contributed by atoms with E-state index in [2.05, 4.69) is 20.2 Å². The Labute approximate surface area is 197 Å². The Morgan fingerprint density at radius 3 is 2.73 bits per heavy atom. The normalized spacial score (nSPS) is 14.6. The summed E-state index contributed by atoms with van der Waals surface area (Å²) >= 11 is 5.94. The summed E-state index contributed by atoms with van der Waals surface area (Å²) in [5.74, 6) is 1.40. The molecule has 0 atom stereocenters. The Kier molecular flexibility index (Phi) is 7.80. The van der Waals surface area contributed by atoms with Gasteiger partial charge in [-0.1, -0.05) is 11.6 Å². The van der Waals surface area contributed by atoms with E-state index in [1.165, 1.54) is 18.5 Å². The van der Waals surface area contributed by atoms with E-state index < -0.39 is 5.82 Å². The van der Waals surface area contributed by atoms with Crippen LogP contribution in [0.1, 0.15) is 19.3 Å². The van der Waals surface area contributed by atoms with Gasteiger partial charge in [-0.05, 0) is 44.8 Å². The molecular weight excluding hydrogens is 447 g/mol. The van der Waals surface area contributed by atoms with Crippen molar-refractivity contribution in [3.63, 3.8) is 0 Å². The minimum absolute atomic E-state index is 0.0373. The molecule has 33 heavy (non-hydrogen) atoms. The molecule has 3 aromatic rings. The van der Waals surface area contributed by atoms with Gasteiger partial charge >= 0.3 is 0 Å². The van der Waals surface area contributed by atoms with Crippen molar-refractivity contribution in [3.05, 3.63) is 47.5 Å². The number of anilines is 2. The van der Waals surface area contributed by atoms with Gasteiger partial charge < -0.3 is 24.4 Å². The second-order valence-electron chi connectivity index (χ2n) is 8.23. The summed E-state index contributed by atoms with van der Waals surface area (Å²) in [5, 5.41) is 4.01. The lowest BCUT2D eigenvalue weighted by molar-refractivity contribution is 0.0243. The number of aromatic nitrogens is 2. The van der Waals surface area contributed by atoms with Crippen molar-refractivity contribution < 1.29 is 18.6 Å². The van der Waals surface area contributed by atoms with Crippen molar-refractivity contribution in [3.8, 4) is 11.5 Å². The Morgan fingerprint density at radius 2 is 1.97 bits per heavy atom. The standard InChI is InChI=1S/C24H28ClFN4O3/c1-30(2)8-3-9-32-22-14-21-18(13-23(22)33-17-6-10-31-11-7-17)24(28-15-27-21)29-16-4-5-20(26)19(25)12-16/h4-5,12-15,17H,3,6-11H2,1-2H3,(H,27,28,29). The van der Waals surface area contributed by atoms with E-state index in [-0.39, 0.29) is 11.1 Å². The lowest BCUT2D eigenvalue weighted by Crippen LogP contribution is -2.26. The first-order valence-corrected chi connectivity index (χ1v) is 11.4. The van der Waals surface area contributed by atoms with Crippen molar-refractivity contribution in [1.29, 1.82) is 0 Å². The van der Waals surface area contributed by atoms with E-state index in [1.807, 2.05) is 26.2 Å². The topological polar surface area (TPSA) is 68.7 Å². The van der Waals surface area contributed by atoms with Crippen LogP contribution in [0, 0.1) is 5.82 Å². The van der Waals surface area contributed by atoms with Crippen LogP contribution in [0.4, 0.5) is 15.9 Å². The van der Waals surface area contributed by atoms with E-state index >= 15 is 0 Å². The molecule has 1 N–H and O–H groups in total. The molecule has 0 aliphatic carbocycles. The highest BCUT2D eigenvalue weighted by Crippen LogP contribution is 2.36. The van der Waals surface area contributed by atoms with Crippen LogP contribution in [0.3, 0.4) is 0 Å². The van der Waals surface area contributed by atoms with Crippen LogP contribution in [0.25, 0.3) is 10.9 Å². The summed E-state index contributed by atoms with van der Waals surface area (Å²) in [6.07, 6.45) is 4.07. The van der Waals surface area contributed by atoms with Gasteiger partial charge in [-0.15, -0.1) is 0 Å². The molecule has 7 nitrogen and oxygen atoms in total. The first kappa shape index (κ1) is 23.5. The molecule has 1 aliphatic heterocycles. The summed E-state index contributed by atoms with van der Waals surface area (Å²) < 4.78 is 31.5. The predicted molar refractivity (Wildman–Crippen MR) is 127 cm³/mol. The van der Waals surface area contributed by atoms with Gasteiger partial charge in [-0.3, -0.25) is 0 Å². The molecule has 2 aromatic carbocycles. The third-order valence-corrected chi connectivity index (χ3v) is 5.64. The Bertz CT molecular complexity index is 1090. The number of nitrogens with one attached hydrogen (secondary N) is 1. The minimum atomic E-state index is -0.474. The van der Waals surface area contributed by atoms with Gasteiger partial charge in [0.25, 0.3) is 0 Å². The summed E-state index contributed by atoms with van der Waals surface area (Å²) in [6.45, 7) is 2.86. The largest absolute Gasteiger partial charge is 0.490 e. The zero-order chi connectivity index (χ0) is 23.2. The van der Waals surface area contributed by atoms with Crippen molar-refractivity contribution in [2.75, 3.05) is 45.8 Å². The van der Waals surface area contributed by atoms with Crippen LogP contribution in [0.2, 0.25) is 5.02 Å². The van der Waals surface area contributed by atoms with Crippen LogP contribution in [-0.4, -0.2) is 61.4 Å². The lowest BCUT2D eigenvalue weighted by atomic mass is 10.1. The smallest absolute Gasteiger partial charge is 0.163 e. The zero-order valence-electron chi connectivity index (χ0n) is 18.8. The number of rotatable bonds is 9. The number of halogens is 2. The molecular formula is C24H28ClFN4O3. The van der Waals surface area contributed by atoms with E-state index in [0.717, 1.165) is 31.2 Å². The van der Waals surface area contributed by atoms with Crippen LogP contribution < -0.4 is 14.8 Å². The molecule has 2 heterocycles. The maximum Gasteiger partial charge on any atom is 0.163 e. The second-order valence-corrected chi connectivity index (χ2v) is 8.63. The maximum atomic E-state index is 13.6. The summed E-state index contributed by atoms with van der Waals surface area (Å²) in [7, 11) is 4.07. The van der Waals surface area contributed by atoms with Gasteiger partial charge in [-0.2, -0.15) is 0 Å². The van der Waals surface area contributed by atoms with Crippen molar-refractivity contribution in [1.82, 2.24) is 14.9 Å². The molecule has 0 radical (unpaired) electrons. The molecule has 9 heteroatoms. The number of ether oxygens (including phenoxy) is 3. The van der Waals surface area contributed by atoms with Gasteiger partial charge in [-0.25, -0.2) is 14.4 Å². The van der Waals surface area contributed by atoms with Crippen LogP contribution in [0.15, 0.2) is 36.7 Å². The third-order valence-electron chi connectivity index (χ3n) is 5.35. The minimum Gasteiger partial charge on any atom is -0.490 e. The first-order valence-electron chi connectivity index (χ1n) is 11.0. The quantitative estimate of drug-likeness (QED) is 0.435. The number of hydrogen-bond donors (Lipinski definition) is 1. The number of hydrogen-bond acceptors (Lipinski definition) is 7. The molecule has 4 rings (SSSR count). The molecule has 1 aliphatic rings. The maximum absolute atomic E-state index is 13.6. The Morgan fingerprint density at radius 1 is 1.15 bits per heavy atom. The molecule has 0 spiro atoms. The highest BCUT2D eigenvalue weighted by Gasteiger charge is 2.19. The number of nitrogens with zero attached hydrogens (tertiary/aromatic N) is 3. The van der Waals surface area contributed by atoms with Crippen molar-refractivity contribution in [2.24, 2.45) is 0 Å². The van der Waals surface area contributed by atoms with E-state index in [0.29, 0.717) is 48.3 Å². The second kappa shape index (κ2) is 11.0. The average Bonchev–Trinajstić information content (AvgIpc) is 2.80. The van der Waals surface area contributed by atoms with Crippen LogP contribution in [0.5, 0.6) is 11.5 Å². The Hall–Kier alpha value is -2.68. The van der Waals surface area contributed by atoms with Gasteiger partial charge in [0.15, 0.2) is 11.5 Å². The van der Waals surface area contributed by atoms with Crippen molar-refractivity contribution >= 4 is 34.0 Å². The molecule has 0 saturated carbocycles. The summed E-state index contributed by atoms with van der Waals surface area (Å²) in [6, 6.07) is 8.22. The molecule has 176 valence electrons. The first-order chi connectivity index (χ1) is 16.0. The summed E-state index contributed by atoms with van der Waals surface area (Å²) in [5.41, 5.74) is 1.33. The SMILES string of the molecule is CN(C)CCCOc1cc2ncnc(Nc3ccc(F)c(Cl)c3)c2cc1OC1CCOCC1. The fourth-order valence-corrected chi connectivity index (χ4v) is 3.80. The number of fused-ring (bicyclic) bond motifs is 1. The lowest BCUT2D eigenvalue weighted by Gasteiger charge is -2.25.